The zero-order valence-corrected chi connectivity index (χ0v) is 14.2. The van der Waals surface area contributed by atoms with Crippen molar-refractivity contribution in [2.45, 2.75) is 25.1 Å². The van der Waals surface area contributed by atoms with Gasteiger partial charge in [0, 0.05) is 16.8 Å². The number of esters is 1. The summed E-state index contributed by atoms with van der Waals surface area (Å²) >= 11 is 0. The molecule has 2 aromatic carbocycles. The van der Waals surface area contributed by atoms with Crippen molar-refractivity contribution in [3.63, 3.8) is 0 Å². The van der Waals surface area contributed by atoms with Crippen LogP contribution in [0.15, 0.2) is 42.5 Å². The molecule has 0 saturated heterocycles. The van der Waals surface area contributed by atoms with Gasteiger partial charge in [0.1, 0.15) is 12.4 Å². The maximum atomic E-state index is 13.2. The van der Waals surface area contributed by atoms with E-state index in [1.807, 2.05) is 0 Å². The van der Waals surface area contributed by atoms with E-state index in [1.165, 1.54) is 18.2 Å². The van der Waals surface area contributed by atoms with E-state index in [9.17, 15) is 35.9 Å². The molecule has 1 N–H and O–H groups in total. The van der Waals surface area contributed by atoms with Crippen LogP contribution in [-0.4, -0.2) is 30.3 Å². The molecule has 1 aliphatic rings. The van der Waals surface area contributed by atoms with Gasteiger partial charge in [0.15, 0.2) is 0 Å². The van der Waals surface area contributed by atoms with Crippen molar-refractivity contribution in [1.29, 1.82) is 0 Å². The molecule has 0 fully saturated rings. The van der Waals surface area contributed by atoms with Crippen LogP contribution in [-0.2, 0) is 11.3 Å². The van der Waals surface area contributed by atoms with Crippen molar-refractivity contribution in [3.05, 3.63) is 59.2 Å². The van der Waals surface area contributed by atoms with Crippen LogP contribution in [0.1, 0.15) is 26.3 Å². The Hall–Kier alpha value is -3.24. The summed E-state index contributed by atoms with van der Waals surface area (Å²) in [7, 11) is 0. The van der Waals surface area contributed by atoms with Gasteiger partial charge < -0.3 is 14.8 Å². The van der Waals surface area contributed by atoms with E-state index < -0.39 is 36.1 Å². The smallest absolute Gasteiger partial charge is 0.457 e. The normalized spacial score (nSPS) is 14.8. The first kappa shape index (κ1) is 20.5. The summed E-state index contributed by atoms with van der Waals surface area (Å²) < 4.78 is 84.2. The van der Waals surface area contributed by atoms with Crippen LogP contribution < -0.4 is 10.1 Å². The van der Waals surface area contributed by atoms with E-state index in [4.69, 9.17) is 4.74 Å². The predicted octanol–water partition coefficient (Wildman–Crippen LogP) is 4.48. The Labute approximate surface area is 159 Å². The van der Waals surface area contributed by atoms with Gasteiger partial charge in [-0.1, -0.05) is 0 Å². The first-order valence-corrected chi connectivity index (χ1v) is 7.96. The average molecular weight is 419 g/mol. The molecule has 1 aliphatic heterocycles. The number of carbonyl (C=O) groups excluding carboxylic acids is 2. The Morgan fingerprint density at radius 3 is 2.34 bits per heavy atom. The summed E-state index contributed by atoms with van der Waals surface area (Å²) in [5, 5.41) is 2.52. The Morgan fingerprint density at radius 2 is 1.72 bits per heavy atom. The summed E-state index contributed by atoms with van der Waals surface area (Å²) in [6.45, 7) is 0.0663. The zero-order chi connectivity index (χ0) is 21.4. The van der Waals surface area contributed by atoms with E-state index in [-0.39, 0.29) is 12.2 Å². The van der Waals surface area contributed by atoms with Crippen molar-refractivity contribution in [3.8, 4) is 5.75 Å². The minimum absolute atomic E-state index is 0.00293. The molecule has 0 bridgehead atoms. The van der Waals surface area contributed by atoms with Gasteiger partial charge in [0.05, 0.1) is 5.56 Å². The second kappa shape index (κ2) is 7.30. The van der Waals surface area contributed by atoms with Crippen LogP contribution in [0.3, 0.4) is 0 Å². The largest absolute Gasteiger partial charge is 0.460 e. The lowest BCUT2D eigenvalue weighted by Gasteiger charge is -2.23. The minimum Gasteiger partial charge on any atom is -0.457 e. The number of hydrogen-bond donors (Lipinski definition) is 1. The molecule has 154 valence electrons. The minimum atomic E-state index is -6.11. The third-order valence-corrected chi connectivity index (χ3v) is 3.96. The number of fused-ring (bicyclic) bond motifs is 1. The summed E-state index contributed by atoms with van der Waals surface area (Å²) in [5.41, 5.74) is 1.31. The van der Waals surface area contributed by atoms with E-state index in [2.05, 4.69) is 10.1 Å². The van der Waals surface area contributed by atoms with Gasteiger partial charge in [-0.15, -0.1) is 0 Å². The first-order valence-electron chi connectivity index (χ1n) is 7.96. The maximum Gasteiger partial charge on any atom is 0.460 e. The second-order valence-electron chi connectivity index (χ2n) is 5.98. The summed E-state index contributed by atoms with van der Waals surface area (Å²) in [5.74, 6) is -7.43. The number of rotatable bonds is 5. The molecule has 2 aromatic rings. The molecule has 1 amide bonds. The molecule has 1 heterocycles. The molecule has 0 spiro atoms. The number of hydrogen-bond acceptors (Lipinski definition) is 4. The number of benzene rings is 2. The first-order chi connectivity index (χ1) is 13.5. The molecular weight excluding hydrogens is 408 g/mol. The highest BCUT2D eigenvalue weighted by Crippen LogP contribution is 2.40. The van der Waals surface area contributed by atoms with Crippen LogP contribution in [0.25, 0.3) is 0 Å². The molecule has 5 nitrogen and oxygen atoms in total. The molecule has 0 radical (unpaired) electrons. The number of anilines is 1. The van der Waals surface area contributed by atoms with Gasteiger partial charge in [-0.3, -0.25) is 4.79 Å². The lowest BCUT2D eigenvalue weighted by atomic mass is 10.1. The number of alkyl halides is 6. The van der Waals surface area contributed by atoms with Gasteiger partial charge in [-0.05, 0) is 42.5 Å². The van der Waals surface area contributed by atoms with Crippen molar-refractivity contribution in [1.82, 2.24) is 0 Å². The molecule has 0 unspecified atom stereocenters. The van der Waals surface area contributed by atoms with Gasteiger partial charge in [0.2, 0.25) is 0 Å². The van der Waals surface area contributed by atoms with Gasteiger partial charge in [-0.25, -0.2) is 4.79 Å². The topological polar surface area (TPSA) is 64.6 Å². The number of halogens is 6. The van der Waals surface area contributed by atoms with Crippen LogP contribution in [0.5, 0.6) is 5.75 Å². The predicted molar refractivity (Wildman–Crippen MR) is 86.5 cm³/mol. The van der Waals surface area contributed by atoms with Crippen molar-refractivity contribution in [2.24, 2.45) is 0 Å². The van der Waals surface area contributed by atoms with Crippen LogP contribution in [0.4, 0.5) is 32.0 Å². The molecule has 1 atom stereocenters. The fraction of sp³-hybridized carbons (Fsp3) is 0.222. The Bertz CT molecular complexity index is 942. The molecule has 0 aromatic heterocycles. The number of ether oxygens (including phenoxy) is 2. The number of carbonyl (C=O) groups is 2. The fourth-order valence-electron chi connectivity index (χ4n) is 2.42. The lowest BCUT2D eigenvalue weighted by molar-refractivity contribution is -0.328. The third kappa shape index (κ3) is 4.13. The highest BCUT2D eigenvalue weighted by molar-refractivity contribution is 6.04. The zero-order valence-electron chi connectivity index (χ0n) is 14.2. The molecule has 3 rings (SSSR count). The van der Waals surface area contributed by atoms with Crippen molar-refractivity contribution >= 4 is 17.6 Å². The Kier molecular flexibility index (Phi) is 5.16. The fourth-order valence-corrected chi connectivity index (χ4v) is 2.42. The summed E-state index contributed by atoms with van der Waals surface area (Å²) in [6, 6.07) is 8.34. The van der Waals surface area contributed by atoms with Gasteiger partial charge >= 0.3 is 24.4 Å². The SMILES string of the molecule is O=C(Nc1ccc2c(c1)COC2=O)c1ccc(O[C@@H](F)C(F)(F)C(F)(F)F)cc1. The van der Waals surface area contributed by atoms with Crippen molar-refractivity contribution in [2.75, 3.05) is 5.32 Å². The monoisotopic (exact) mass is 419 g/mol. The Morgan fingerprint density at radius 1 is 1.07 bits per heavy atom. The van der Waals surface area contributed by atoms with E-state index in [1.54, 1.807) is 0 Å². The number of amides is 1. The third-order valence-electron chi connectivity index (χ3n) is 3.96. The molecule has 0 saturated carbocycles. The highest BCUT2D eigenvalue weighted by Gasteiger charge is 2.65. The maximum absolute atomic E-state index is 13.2. The van der Waals surface area contributed by atoms with Gasteiger partial charge in [-0.2, -0.15) is 26.3 Å². The van der Waals surface area contributed by atoms with E-state index in [0.717, 1.165) is 24.3 Å². The lowest BCUT2D eigenvalue weighted by Crippen LogP contribution is -2.47. The standard InChI is InChI=1S/C18H11F6NO4/c19-16(17(20,21)18(22,23)24)29-12-4-1-9(2-5-12)14(26)25-11-3-6-13-10(7-11)8-28-15(13)27/h1-7,16H,8H2,(H,25,26)/t16-/m1/s1. The van der Waals surface area contributed by atoms with E-state index >= 15 is 0 Å². The average Bonchev–Trinajstić information content (AvgIpc) is 3.01. The van der Waals surface area contributed by atoms with Crippen molar-refractivity contribution < 1.29 is 45.4 Å². The molecule has 0 aliphatic carbocycles. The number of nitrogens with one attached hydrogen (secondary N) is 1. The number of cyclic esters (lactones) is 1. The summed E-state index contributed by atoms with van der Waals surface area (Å²) in [4.78, 5) is 23.6. The summed E-state index contributed by atoms with van der Waals surface area (Å²) in [6.07, 6.45) is -10.1. The Balaban J connectivity index is 1.66. The van der Waals surface area contributed by atoms with Crippen LogP contribution in [0.2, 0.25) is 0 Å². The second-order valence-corrected chi connectivity index (χ2v) is 5.98. The van der Waals surface area contributed by atoms with E-state index in [0.29, 0.717) is 16.8 Å². The van der Waals surface area contributed by atoms with Crippen LogP contribution >= 0.6 is 0 Å². The molecule has 11 heteroatoms. The quantitative estimate of drug-likeness (QED) is 0.574. The van der Waals surface area contributed by atoms with Crippen LogP contribution in [0, 0.1) is 0 Å². The highest BCUT2D eigenvalue weighted by atomic mass is 19.4. The van der Waals surface area contributed by atoms with Gasteiger partial charge in [0.25, 0.3) is 5.91 Å². The molecular formula is C18H11F6NO4. The molecule has 29 heavy (non-hydrogen) atoms.